The van der Waals surface area contributed by atoms with Crippen LogP contribution in [0.4, 0.5) is 4.79 Å². The van der Waals surface area contributed by atoms with Crippen molar-refractivity contribution in [1.29, 1.82) is 0 Å². The Bertz CT molecular complexity index is 219. The minimum atomic E-state index is -0.867. The zero-order chi connectivity index (χ0) is 11.3. The Morgan fingerprint density at radius 3 is 2.29 bits per heavy atom. The number of hydrogen-bond acceptors (Lipinski definition) is 2. The lowest BCUT2D eigenvalue weighted by Crippen LogP contribution is -2.46. The van der Waals surface area contributed by atoms with Crippen molar-refractivity contribution in [2.75, 3.05) is 19.1 Å². The van der Waals surface area contributed by atoms with E-state index in [0.717, 1.165) is 0 Å². The van der Waals surface area contributed by atoms with Crippen LogP contribution < -0.4 is 5.32 Å². The van der Waals surface area contributed by atoms with Crippen molar-refractivity contribution >= 4 is 16.8 Å². The van der Waals surface area contributed by atoms with Crippen LogP contribution >= 0.6 is 0 Å². The van der Waals surface area contributed by atoms with Crippen molar-refractivity contribution in [2.45, 2.75) is 32.9 Å². The first kappa shape index (κ1) is 13.4. The third-order valence-corrected chi connectivity index (χ3v) is 2.82. The van der Waals surface area contributed by atoms with E-state index in [-0.39, 0.29) is 18.1 Å². The van der Waals surface area contributed by atoms with Crippen LogP contribution in [-0.4, -0.2) is 46.3 Å². The fourth-order valence-electron chi connectivity index (χ4n) is 1.00. The zero-order valence-electron chi connectivity index (χ0n) is 9.53. The summed E-state index contributed by atoms with van der Waals surface area (Å²) in [5.41, 5.74) is 0. The highest BCUT2D eigenvalue weighted by molar-refractivity contribution is 7.84. The van der Waals surface area contributed by atoms with E-state index >= 15 is 0 Å². The molecule has 0 aromatic heterocycles. The van der Waals surface area contributed by atoms with Gasteiger partial charge >= 0.3 is 6.03 Å². The van der Waals surface area contributed by atoms with Gasteiger partial charge in [-0.1, -0.05) is 0 Å². The quantitative estimate of drug-likeness (QED) is 0.762. The predicted octanol–water partition coefficient (Wildman–Crippen LogP) is 0.803. The van der Waals surface area contributed by atoms with Crippen LogP contribution in [0, 0.1) is 0 Å². The third kappa shape index (κ3) is 5.21. The maximum Gasteiger partial charge on any atom is 0.317 e. The minimum Gasteiger partial charge on any atom is -0.336 e. The van der Waals surface area contributed by atoms with Gasteiger partial charge in [0, 0.05) is 41.9 Å². The number of amides is 2. The van der Waals surface area contributed by atoms with E-state index in [9.17, 15) is 9.00 Å². The Kier molecular flexibility index (Phi) is 5.76. The molecule has 4 nitrogen and oxygen atoms in total. The maximum atomic E-state index is 11.5. The summed E-state index contributed by atoms with van der Waals surface area (Å²) in [6, 6.07) is 0.0156. The zero-order valence-corrected chi connectivity index (χ0v) is 10.4. The molecule has 1 N–H and O–H groups in total. The van der Waals surface area contributed by atoms with Crippen LogP contribution in [0.15, 0.2) is 0 Å². The summed E-state index contributed by atoms with van der Waals surface area (Å²) in [4.78, 5) is 13.1. The van der Waals surface area contributed by atoms with Gasteiger partial charge in [0.25, 0.3) is 0 Å². The summed E-state index contributed by atoms with van der Waals surface area (Å²) in [6.07, 6.45) is 1.64. The van der Waals surface area contributed by atoms with E-state index in [2.05, 4.69) is 5.32 Å². The van der Waals surface area contributed by atoms with E-state index in [0.29, 0.717) is 5.75 Å². The molecule has 0 aliphatic rings. The van der Waals surface area contributed by atoms with Gasteiger partial charge in [0.15, 0.2) is 0 Å². The molecule has 0 heterocycles. The molecule has 0 spiro atoms. The van der Waals surface area contributed by atoms with Gasteiger partial charge in [-0.3, -0.25) is 4.21 Å². The minimum absolute atomic E-state index is 0.000386. The second-order valence-electron chi connectivity index (χ2n) is 3.80. The molecule has 0 aliphatic heterocycles. The fraction of sp³-hybridized carbons (Fsp3) is 0.889. The standard InChI is InChI=1S/C9H20N2O2S/c1-7(2)10-9(12)11(4)8(3)6-14(5)13/h7-8H,6H2,1-5H3,(H,10,12). The molecular weight excluding hydrogens is 200 g/mol. The Hall–Kier alpha value is -0.580. The molecule has 84 valence electrons. The molecule has 0 aliphatic carbocycles. The topological polar surface area (TPSA) is 49.4 Å². The van der Waals surface area contributed by atoms with Crippen molar-refractivity contribution in [3.63, 3.8) is 0 Å². The van der Waals surface area contributed by atoms with Gasteiger partial charge < -0.3 is 10.2 Å². The molecule has 0 fully saturated rings. The number of urea groups is 1. The SMILES string of the molecule is CC(C)NC(=O)N(C)C(C)CS(C)=O. The summed E-state index contributed by atoms with van der Waals surface area (Å²) in [5.74, 6) is 0.516. The average molecular weight is 220 g/mol. The lowest BCUT2D eigenvalue weighted by Gasteiger charge is -2.25. The van der Waals surface area contributed by atoms with Crippen LogP contribution in [-0.2, 0) is 10.8 Å². The Balaban J connectivity index is 4.10. The van der Waals surface area contributed by atoms with Crippen molar-refractivity contribution in [1.82, 2.24) is 10.2 Å². The first-order valence-electron chi connectivity index (χ1n) is 4.68. The fourth-order valence-corrected chi connectivity index (χ4v) is 1.90. The molecule has 0 radical (unpaired) electrons. The Morgan fingerprint density at radius 2 is 1.93 bits per heavy atom. The smallest absolute Gasteiger partial charge is 0.317 e. The van der Waals surface area contributed by atoms with E-state index in [1.165, 1.54) is 0 Å². The normalized spacial score (nSPS) is 15.0. The first-order valence-corrected chi connectivity index (χ1v) is 6.40. The summed E-state index contributed by atoms with van der Waals surface area (Å²) < 4.78 is 11.0. The van der Waals surface area contributed by atoms with Gasteiger partial charge in [-0.15, -0.1) is 0 Å². The number of hydrogen-bond donors (Lipinski definition) is 1. The van der Waals surface area contributed by atoms with Crippen molar-refractivity contribution in [3.8, 4) is 0 Å². The lowest BCUT2D eigenvalue weighted by atomic mass is 10.3. The molecule has 0 rings (SSSR count). The third-order valence-electron chi connectivity index (χ3n) is 1.87. The highest BCUT2D eigenvalue weighted by Crippen LogP contribution is 1.98. The van der Waals surface area contributed by atoms with Gasteiger partial charge in [0.1, 0.15) is 0 Å². The molecule has 5 heteroatoms. The number of nitrogens with one attached hydrogen (secondary N) is 1. The van der Waals surface area contributed by atoms with Crippen LogP contribution in [0.3, 0.4) is 0 Å². The van der Waals surface area contributed by atoms with Crippen LogP contribution in [0.5, 0.6) is 0 Å². The van der Waals surface area contributed by atoms with E-state index in [1.54, 1.807) is 18.2 Å². The van der Waals surface area contributed by atoms with Crippen LogP contribution in [0.2, 0.25) is 0 Å². The molecule has 0 saturated heterocycles. The van der Waals surface area contributed by atoms with Crippen LogP contribution in [0.25, 0.3) is 0 Å². The van der Waals surface area contributed by atoms with Gasteiger partial charge in [0.2, 0.25) is 0 Å². The number of nitrogens with zero attached hydrogens (tertiary/aromatic N) is 1. The van der Waals surface area contributed by atoms with E-state index in [4.69, 9.17) is 0 Å². The molecular formula is C9H20N2O2S. The summed E-state index contributed by atoms with van der Waals surface area (Å²) in [5, 5.41) is 2.78. The Labute approximate surface area is 88.5 Å². The highest BCUT2D eigenvalue weighted by Gasteiger charge is 2.16. The van der Waals surface area contributed by atoms with Crippen LogP contribution in [0.1, 0.15) is 20.8 Å². The summed E-state index contributed by atoms with van der Waals surface area (Å²) in [7, 11) is 0.850. The Morgan fingerprint density at radius 1 is 1.43 bits per heavy atom. The van der Waals surface area contributed by atoms with Gasteiger partial charge in [-0.2, -0.15) is 0 Å². The molecule has 0 aromatic carbocycles. The maximum absolute atomic E-state index is 11.5. The molecule has 0 aromatic rings. The average Bonchev–Trinajstić information content (AvgIpc) is 2.00. The predicted molar refractivity (Wildman–Crippen MR) is 59.8 cm³/mol. The van der Waals surface area contributed by atoms with Crippen molar-refractivity contribution < 1.29 is 9.00 Å². The first-order chi connectivity index (χ1) is 6.34. The number of carbonyl (C=O) groups excluding carboxylic acids is 1. The second kappa shape index (κ2) is 6.01. The van der Waals surface area contributed by atoms with Crippen molar-refractivity contribution in [3.05, 3.63) is 0 Å². The lowest BCUT2D eigenvalue weighted by molar-refractivity contribution is 0.196. The molecule has 0 bridgehead atoms. The summed E-state index contributed by atoms with van der Waals surface area (Å²) in [6.45, 7) is 5.71. The highest BCUT2D eigenvalue weighted by atomic mass is 32.2. The molecule has 2 amide bonds. The van der Waals surface area contributed by atoms with Gasteiger partial charge in [-0.25, -0.2) is 4.79 Å². The van der Waals surface area contributed by atoms with Crippen molar-refractivity contribution in [2.24, 2.45) is 0 Å². The molecule has 2 unspecified atom stereocenters. The molecule has 0 saturated carbocycles. The second-order valence-corrected chi connectivity index (χ2v) is 5.28. The molecule has 2 atom stereocenters. The van der Waals surface area contributed by atoms with Gasteiger partial charge in [0.05, 0.1) is 0 Å². The van der Waals surface area contributed by atoms with Gasteiger partial charge in [-0.05, 0) is 20.8 Å². The monoisotopic (exact) mass is 220 g/mol. The number of rotatable bonds is 4. The largest absolute Gasteiger partial charge is 0.336 e. The van der Waals surface area contributed by atoms with E-state index in [1.807, 2.05) is 20.8 Å². The molecule has 14 heavy (non-hydrogen) atoms. The van der Waals surface area contributed by atoms with E-state index < -0.39 is 10.8 Å². The summed E-state index contributed by atoms with van der Waals surface area (Å²) >= 11 is 0. The number of carbonyl (C=O) groups is 1.